The molecule has 0 unspecified atom stereocenters. The maximum atomic E-state index is 12.3. The zero-order valence-corrected chi connectivity index (χ0v) is 18.8. The summed E-state index contributed by atoms with van der Waals surface area (Å²) in [5, 5.41) is 7.10. The van der Waals surface area contributed by atoms with Crippen LogP contribution in [0.4, 0.5) is 5.69 Å². The van der Waals surface area contributed by atoms with E-state index in [-0.39, 0.29) is 12.5 Å². The van der Waals surface area contributed by atoms with Crippen LogP contribution in [0.3, 0.4) is 0 Å². The molecular weight excluding hydrogens is 446 g/mol. The van der Waals surface area contributed by atoms with Crippen molar-refractivity contribution in [3.05, 3.63) is 82.9 Å². The van der Waals surface area contributed by atoms with Crippen LogP contribution in [-0.4, -0.2) is 38.9 Å². The molecule has 0 spiro atoms. The minimum atomic E-state index is -0.409. The van der Waals surface area contributed by atoms with Gasteiger partial charge in [0, 0.05) is 11.6 Å². The fourth-order valence-corrected chi connectivity index (χ4v) is 2.90. The number of ether oxygens (including phenoxy) is 3. The monoisotopic (exact) mass is 467 g/mol. The smallest absolute Gasteiger partial charge is 0.271 e. The Hall–Kier alpha value is -4.04. The largest absolute Gasteiger partial charge is 0.497 e. The summed E-state index contributed by atoms with van der Waals surface area (Å²) < 4.78 is 15.8. The van der Waals surface area contributed by atoms with Gasteiger partial charge in [0.25, 0.3) is 11.8 Å². The first-order valence-corrected chi connectivity index (χ1v) is 10.2. The van der Waals surface area contributed by atoms with Gasteiger partial charge >= 0.3 is 0 Å². The molecule has 2 amide bonds. The highest BCUT2D eigenvalue weighted by molar-refractivity contribution is 6.33. The predicted molar refractivity (Wildman–Crippen MR) is 127 cm³/mol. The van der Waals surface area contributed by atoms with Gasteiger partial charge in [-0.25, -0.2) is 5.43 Å². The maximum Gasteiger partial charge on any atom is 0.271 e. The Morgan fingerprint density at radius 2 is 1.61 bits per heavy atom. The van der Waals surface area contributed by atoms with Gasteiger partial charge in [0.1, 0.15) is 17.2 Å². The summed E-state index contributed by atoms with van der Waals surface area (Å²) in [5.41, 5.74) is 4.06. The molecule has 0 heterocycles. The molecule has 0 saturated carbocycles. The Kier molecular flexibility index (Phi) is 8.26. The minimum absolute atomic E-state index is 0.168. The fraction of sp³-hybridized carbons (Fsp3) is 0.125. The van der Waals surface area contributed by atoms with Crippen LogP contribution in [0.2, 0.25) is 5.02 Å². The summed E-state index contributed by atoms with van der Waals surface area (Å²) in [7, 11) is 3.01. The number of amides is 2. The van der Waals surface area contributed by atoms with Gasteiger partial charge in [0.15, 0.2) is 6.61 Å². The Bertz CT molecular complexity index is 1130. The Balaban J connectivity index is 1.50. The third kappa shape index (κ3) is 6.98. The number of carbonyl (C=O) groups is 2. The number of nitrogens with one attached hydrogen (secondary N) is 2. The standard InChI is InChI=1S/C24H22ClN3O5/c1-31-19-11-17(12-20(13-19)32-2)24(30)28-26-14-16-7-9-18(10-8-16)33-15-23(29)27-22-6-4-3-5-21(22)25/h3-14H,15H2,1-2H3,(H,27,29)(H,28,30)/b26-14+. The molecule has 0 fully saturated rings. The van der Waals surface area contributed by atoms with Crippen molar-refractivity contribution in [2.45, 2.75) is 0 Å². The van der Waals surface area contributed by atoms with Crippen LogP contribution >= 0.6 is 11.6 Å². The topological polar surface area (TPSA) is 98.2 Å². The van der Waals surface area contributed by atoms with E-state index < -0.39 is 5.91 Å². The molecule has 33 heavy (non-hydrogen) atoms. The van der Waals surface area contributed by atoms with E-state index in [4.69, 9.17) is 25.8 Å². The lowest BCUT2D eigenvalue weighted by Crippen LogP contribution is -2.20. The highest BCUT2D eigenvalue weighted by Gasteiger charge is 2.09. The van der Waals surface area contributed by atoms with Crippen LogP contribution in [0.15, 0.2) is 71.8 Å². The first kappa shape index (κ1) is 23.6. The average molecular weight is 468 g/mol. The van der Waals surface area contributed by atoms with E-state index in [1.54, 1.807) is 66.7 Å². The maximum absolute atomic E-state index is 12.3. The summed E-state index contributed by atoms with van der Waals surface area (Å²) in [6, 6.07) is 18.7. The highest BCUT2D eigenvalue weighted by atomic mass is 35.5. The summed E-state index contributed by atoms with van der Waals surface area (Å²) in [4.78, 5) is 24.4. The molecule has 3 aromatic carbocycles. The molecule has 0 aliphatic carbocycles. The van der Waals surface area contributed by atoms with E-state index in [0.29, 0.717) is 33.5 Å². The van der Waals surface area contributed by atoms with Gasteiger partial charge < -0.3 is 19.5 Å². The molecule has 0 bridgehead atoms. The first-order valence-electron chi connectivity index (χ1n) is 9.82. The molecule has 0 aromatic heterocycles. The number of benzene rings is 3. The van der Waals surface area contributed by atoms with Crippen LogP contribution in [0.1, 0.15) is 15.9 Å². The minimum Gasteiger partial charge on any atom is -0.497 e. The summed E-state index contributed by atoms with van der Waals surface area (Å²) in [5.74, 6) is 0.770. The Morgan fingerprint density at radius 1 is 0.939 bits per heavy atom. The molecule has 170 valence electrons. The lowest BCUT2D eigenvalue weighted by molar-refractivity contribution is -0.118. The molecule has 0 saturated heterocycles. The van der Waals surface area contributed by atoms with Gasteiger partial charge in [-0.1, -0.05) is 23.7 Å². The van der Waals surface area contributed by atoms with E-state index in [9.17, 15) is 9.59 Å². The van der Waals surface area contributed by atoms with Crippen molar-refractivity contribution in [3.63, 3.8) is 0 Å². The molecule has 0 aliphatic rings. The van der Waals surface area contributed by atoms with E-state index in [1.807, 2.05) is 0 Å². The van der Waals surface area contributed by atoms with Crippen LogP contribution in [0, 0.1) is 0 Å². The lowest BCUT2D eigenvalue weighted by Gasteiger charge is -2.09. The van der Waals surface area contributed by atoms with Crippen molar-refractivity contribution < 1.29 is 23.8 Å². The van der Waals surface area contributed by atoms with Gasteiger partial charge in [0.2, 0.25) is 0 Å². The van der Waals surface area contributed by atoms with Crippen LogP contribution < -0.4 is 25.0 Å². The second-order valence-electron chi connectivity index (χ2n) is 6.69. The lowest BCUT2D eigenvalue weighted by atomic mass is 10.2. The van der Waals surface area contributed by atoms with Gasteiger partial charge in [0.05, 0.1) is 31.1 Å². The molecule has 9 heteroatoms. The molecule has 3 aromatic rings. The van der Waals surface area contributed by atoms with E-state index >= 15 is 0 Å². The average Bonchev–Trinajstić information content (AvgIpc) is 2.84. The first-order chi connectivity index (χ1) is 16.0. The molecule has 8 nitrogen and oxygen atoms in total. The van der Waals surface area contributed by atoms with Gasteiger partial charge in [-0.15, -0.1) is 0 Å². The molecule has 0 aliphatic heterocycles. The third-order valence-electron chi connectivity index (χ3n) is 4.39. The third-order valence-corrected chi connectivity index (χ3v) is 4.72. The number of hydrogen-bond acceptors (Lipinski definition) is 6. The number of methoxy groups -OCH3 is 2. The number of hydrogen-bond donors (Lipinski definition) is 2. The summed E-state index contributed by atoms with van der Waals surface area (Å²) in [6.45, 7) is -0.168. The Morgan fingerprint density at radius 3 is 2.24 bits per heavy atom. The van der Waals surface area contributed by atoms with E-state index in [2.05, 4.69) is 15.8 Å². The molecule has 2 N–H and O–H groups in total. The number of halogens is 1. The van der Waals surface area contributed by atoms with Crippen LogP contribution in [0.5, 0.6) is 17.2 Å². The summed E-state index contributed by atoms with van der Waals surface area (Å²) >= 11 is 6.02. The summed E-state index contributed by atoms with van der Waals surface area (Å²) in [6.07, 6.45) is 1.49. The number of anilines is 1. The van der Waals surface area contributed by atoms with Crippen molar-refractivity contribution in [2.75, 3.05) is 26.1 Å². The van der Waals surface area contributed by atoms with Gasteiger partial charge in [-0.2, -0.15) is 5.10 Å². The van der Waals surface area contributed by atoms with Gasteiger partial charge in [-0.3, -0.25) is 9.59 Å². The second-order valence-corrected chi connectivity index (χ2v) is 7.09. The van der Waals surface area contributed by atoms with Crippen molar-refractivity contribution in [1.82, 2.24) is 5.43 Å². The van der Waals surface area contributed by atoms with Crippen molar-refractivity contribution in [1.29, 1.82) is 0 Å². The number of hydrazone groups is 1. The predicted octanol–water partition coefficient (Wildman–Crippen LogP) is 4.14. The van der Waals surface area contributed by atoms with E-state index in [1.165, 1.54) is 20.4 Å². The van der Waals surface area contributed by atoms with Crippen LogP contribution in [-0.2, 0) is 4.79 Å². The van der Waals surface area contributed by atoms with Crippen molar-refractivity contribution in [2.24, 2.45) is 5.10 Å². The fourth-order valence-electron chi connectivity index (χ4n) is 2.72. The number of para-hydroxylation sites is 1. The molecule has 0 atom stereocenters. The van der Waals surface area contributed by atoms with E-state index in [0.717, 1.165) is 5.56 Å². The number of rotatable bonds is 9. The SMILES string of the molecule is COc1cc(OC)cc(C(=O)N/N=C/c2ccc(OCC(=O)Nc3ccccc3Cl)cc2)c1. The van der Waals surface area contributed by atoms with Crippen molar-refractivity contribution in [3.8, 4) is 17.2 Å². The zero-order valence-electron chi connectivity index (χ0n) is 18.0. The molecule has 0 radical (unpaired) electrons. The van der Waals surface area contributed by atoms with Crippen molar-refractivity contribution >= 4 is 35.3 Å². The van der Waals surface area contributed by atoms with Crippen LogP contribution in [0.25, 0.3) is 0 Å². The normalized spacial score (nSPS) is 10.5. The zero-order chi connectivity index (χ0) is 23.6. The number of nitrogens with zero attached hydrogens (tertiary/aromatic N) is 1. The second kappa shape index (κ2) is 11.5. The molecule has 3 rings (SSSR count). The highest BCUT2D eigenvalue weighted by Crippen LogP contribution is 2.22. The molecular formula is C24H22ClN3O5. The number of carbonyl (C=O) groups excluding carboxylic acids is 2. The Labute approximate surface area is 196 Å². The quantitative estimate of drug-likeness (QED) is 0.364. The van der Waals surface area contributed by atoms with Gasteiger partial charge in [-0.05, 0) is 54.1 Å².